The van der Waals surface area contributed by atoms with E-state index in [0.717, 1.165) is 0 Å². The highest BCUT2D eigenvalue weighted by Gasteiger charge is 1.96. The Morgan fingerprint density at radius 1 is 1.31 bits per heavy atom. The summed E-state index contributed by atoms with van der Waals surface area (Å²) in [7, 11) is -2.78. The summed E-state index contributed by atoms with van der Waals surface area (Å²) in [5, 5.41) is 4.55. The third-order valence-corrected chi connectivity index (χ3v) is 4.55. The molecule has 5 heteroatoms. The van der Waals surface area contributed by atoms with Crippen molar-refractivity contribution in [3.63, 3.8) is 0 Å². The van der Waals surface area contributed by atoms with Gasteiger partial charge in [-0.2, -0.15) is 0 Å². The van der Waals surface area contributed by atoms with E-state index >= 15 is 0 Å². The molecular weight excluding hydrogens is 202 g/mol. The minimum absolute atomic E-state index is 0.146. The van der Waals surface area contributed by atoms with E-state index in [1.165, 1.54) is 12.5 Å². The third kappa shape index (κ3) is 11.9. The second kappa shape index (κ2) is 7.29. The standard InChI is InChI=1S/C5H12Si.C3H7NO2S/c1-2-4-6-5-3-1;1-2-3-7(4,5)6/h1-6H2;2H,1,3H2,(H2,4,5,6). The lowest BCUT2D eigenvalue weighted by Crippen LogP contribution is -2.14. The van der Waals surface area contributed by atoms with Crippen molar-refractivity contribution >= 4 is 19.5 Å². The lowest BCUT2D eigenvalue weighted by Gasteiger charge is -2.04. The molecule has 1 heterocycles. The summed E-state index contributed by atoms with van der Waals surface area (Å²) < 4.78 is 19.9. The van der Waals surface area contributed by atoms with E-state index in [1.54, 1.807) is 24.9 Å². The predicted molar refractivity (Wildman–Crippen MR) is 60.2 cm³/mol. The summed E-state index contributed by atoms with van der Waals surface area (Å²) in [6.45, 7) is 3.19. The number of sulfonamides is 1. The van der Waals surface area contributed by atoms with E-state index in [4.69, 9.17) is 0 Å². The first-order valence-corrected chi connectivity index (χ1v) is 8.39. The molecule has 1 rings (SSSR count). The van der Waals surface area contributed by atoms with E-state index in [1.807, 2.05) is 0 Å². The van der Waals surface area contributed by atoms with Gasteiger partial charge < -0.3 is 0 Å². The highest BCUT2D eigenvalue weighted by Crippen LogP contribution is 2.10. The highest BCUT2D eigenvalue weighted by molar-refractivity contribution is 7.89. The SMILES string of the molecule is C1CC[SiH2]CC1.C=CCS(N)(=O)=O. The number of rotatable bonds is 2. The Hall–Kier alpha value is -0.133. The predicted octanol–water partition coefficient (Wildman–Crippen LogP) is 0.637. The molecule has 0 amide bonds. The molecule has 78 valence electrons. The number of hydrogen-bond acceptors (Lipinski definition) is 2. The quantitative estimate of drug-likeness (QED) is 0.549. The summed E-state index contributed by atoms with van der Waals surface area (Å²) in [4.78, 5) is 0. The Labute approximate surface area is 83.3 Å². The van der Waals surface area contributed by atoms with Crippen LogP contribution in [-0.4, -0.2) is 23.7 Å². The third-order valence-electron chi connectivity index (χ3n) is 1.85. The zero-order valence-corrected chi connectivity index (χ0v) is 10.3. The summed E-state index contributed by atoms with van der Waals surface area (Å²) in [5.74, 6) is -0.146. The molecule has 2 N–H and O–H groups in total. The first kappa shape index (κ1) is 12.9. The fourth-order valence-corrected chi connectivity index (χ4v) is 3.32. The van der Waals surface area contributed by atoms with Crippen molar-refractivity contribution < 1.29 is 8.42 Å². The van der Waals surface area contributed by atoms with Gasteiger partial charge in [-0.05, 0) is 0 Å². The van der Waals surface area contributed by atoms with Crippen LogP contribution < -0.4 is 5.14 Å². The van der Waals surface area contributed by atoms with Crippen LogP contribution in [0.15, 0.2) is 12.7 Å². The van der Waals surface area contributed by atoms with Crippen molar-refractivity contribution in [1.29, 1.82) is 0 Å². The van der Waals surface area contributed by atoms with Crippen molar-refractivity contribution in [1.82, 2.24) is 0 Å². The average Bonchev–Trinajstić information content (AvgIpc) is 2.06. The first-order valence-electron chi connectivity index (χ1n) is 4.67. The molecule has 0 bridgehead atoms. The molecule has 0 aromatic heterocycles. The van der Waals surface area contributed by atoms with E-state index < -0.39 is 10.0 Å². The van der Waals surface area contributed by atoms with Crippen LogP contribution in [0.1, 0.15) is 19.3 Å². The van der Waals surface area contributed by atoms with E-state index in [0.29, 0.717) is 9.52 Å². The van der Waals surface area contributed by atoms with E-state index in [9.17, 15) is 8.42 Å². The second-order valence-corrected chi connectivity index (χ2v) is 7.02. The second-order valence-electron chi connectivity index (χ2n) is 3.24. The van der Waals surface area contributed by atoms with Crippen LogP contribution in [0.4, 0.5) is 0 Å². The fraction of sp³-hybridized carbons (Fsp3) is 0.750. The highest BCUT2D eigenvalue weighted by atomic mass is 32.2. The van der Waals surface area contributed by atoms with Crippen molar-refractivity contribution in [2.45, 2.75) is 31.4 Å². The number of hydrogen-bond donors (Lipinski definition) is 1. The summed E-state index contributed by atoms with van der Waals surface area (Å²) in [5.41, 5.74) is 0. The smallest absolute Gasteiger partial charge is 0.212 e. The molecule has 0 spiro atoms. The van der Waals surface area contributed by atoms with E-state index in [2.05, 4.69) is 11.7 Å². The van der Waals surface area contributed by atoms with Crippen LogP contribution in [0.3, 0.4) is 0 Å². The molecule has 1 fully saturated rings. The Kier molecular flexibility index (Phi) is 7.21. The molecule has 0 aromatic rings. The van der Waals surface area contributed by atoms with Gasteiger partial charge in [-0.1, -0.05) is 37.4 Å². The van der Waals surface area contributed by atoms with Gasteiger partial charge in [-0.3, -0.25) is 0 Å². The maximum Gasteiger partial charge on any atom is 0.212 e. The van der Waals surface area contributed by atoms with Gasteiger partial charge in [0.1, 0.15) is 0 Å². The van der Waals surface area contributed by atoms with Crippen molar-refractivity contribution in [3.05, 3.63) is 12.7 Å². The maximum absolute atomic E-state index is 9.94. The molecule has 0 atom stereocenters. The molecule has 0 aliphatic carbocycles. The van der Waals surface area contributed by atoms with Gasteiger partial charge in [-0.25, -0.2) is 13.6 Å². The monoisotopic (exact) mass is 221 g/mol. The van der Waals surface area contributed by atoms with Gasteiger partial charge in [0, 0.05) is 9.52 Å². The zero-order valence-electron chi connectivity index (χ0n) is 8.04. The van der Waals surface area contributed by atoms with Crippen LogP contribution in [0.2, 0.25) is 12.1 Å². The molecule has 1 aliphatic rings. The van der Waals surface area contributed by atoms with Crippen molar-refractivity contribution in [3.8, 4) is 0 Å². The van der Waals surface area contributed by atoms with Crippen molar-refractivity contribution in [2.75, 3.05) is 5.75 Å². The molecule has 0 saturated carbocycles. The normalized spacial score (nSPS) is 17.0. The fourth-order valence-electron chi connectivity index (χ4n) is 1.22. The van der Waals surface area contributed by atoms with Gasteiger partial charge in [0.15, 0.2) is 0 Å². The molecule has 13 heavy (non-hydrogen) atoms. The summed E-state index contributed by atoms with van der Waals surface area (Å²) >= 11 is 0. The van der Waals surface area contributed by atoms with Gasteiger partial charge in [0.25, 0.3) is 0 Å². The van der Waals surface area contributed by atoms with Gasteiger partial charge >= 0.3 is 0 Å². The lowest BCUT2D eigenvalue weighted by atomic mass is 10.3. The topological polar surface area (TPSA) is 60.2 Å². The Morgan fingerprint density at radius 3 is 1.92 bits per heavy atom. The molecule has 0 radical (unpaired) electrons. The minimum atomic E-state index is -3.29. The van der Waals surface area contributed by atoms with Crippen LogP contribution in [0, 0.1) is 0 Å². The Bertz CT molecular complexity index is 211. The Balaban J connectivity index is 0.000000223. The molecule has 1 saturated heterocycles. The van der Waals surface area contributed by atoms with Crippen LogP contribution in [-0.2, 0) is 10.0 Å². The van der Waals surface area contributed by atoms with Gasteiger partial charge in [-0.15, -0.1) is 6.58 Å². The number of nitrogens with two attached hydrogens (primary N) is 1. The molecule has 0 unspecified atom stereocenters. The molecular formula is C8H19NO2SSi. The minimum Gasteiger partial charge on any atom is -0.228 e. The Morgan fingerprint density at radius 2 is 1.85 bits per heavy atom. The van der Waals surface area contributed by atoms with Crippen LogP contribution in [0.5, 0.6) is 0 Å². The van der Waals surface area contributed by atoms with Crippen LogP contribution >= 0.6 is 0 Å². The van der Waals surface area contributed by atoms with Crippen molar-refractivity contribution in [2.24, 2.45) is 5.14 Å². The maximum atomic E-state index is 9.94. The molecule has 1 aliphatic heterocycles. The first-order chi connectivity index (χ1) is 6.06. The van der Waals surface area contributed by atoms with Gasteiger partial charge in [0.05, 0.1) is 5.75 Å². The van der Waals surface area contributed by atoms with Crippen LogP contribution in [0.25, 0.3) is 0 Å². The summed E-state index contributed by atoms with van der Waals surface area (Å²) in [6, 6.07) is 3.28. The lowest BCUT2D eigenvalue weighted by molar-refractivity contribution is 0.600. The average molecular weight is 221 g/mol. The van der Waals surface area contributed by atoms with Gasteiger partial charge in [0.2, 0.25) is 10.0 Å². The summed E-state index contributed by atoms with van der Waals surface area (Å²) in [6.07, 6.45) is 5.90. The largest absolute Gasteiger partial charge is 0.228 e. The molecule has 3 nitrogen and oxygen atoms in total. The molecule has 0 aromatic carbocycles. The number of primary sulfonamides is 1. The zero-order chi connectivity index (χ0) is 10.2. The van der Waals surface area contributed by atoms with E-state index in [-0.39, 0.29) is 5.75 Å².